The highest BCUT2D eigenvalue weighted by molar-refractivity contribution is 7.92. The molecule has 0 aliphatic carbocycles. The van der Waals surface area contributed by atoms with Gasteiger partial charge in [0.15, 0.2) is 5.13 Å². The molecule has 0 atom stereocenters. The molecule has 0 unspecified atom stereocenters. The number of anilines is 3. The third kappa shape index (κ3) is 4.37. The fourth-order valence-electron chi connectivity index (χ4n) is 2.51. The zero-order valence-corrected chi connectivity index (χ0v) is 15.8. The summed E-state index contributed by atoms with van der Waals surface area (Å²) in [5.41, 5.74) is 5.75. The fraction of sp³-hybridized carbons (Fsp3) is 0.167. The monoisotopic (exact) mass is 373 g/mol. The highest BCUT2D eigenvalue weighted by atomic mass is 32.2. The van der Waals surface area contributed by atoms with Gasteiger partial charge in [-0.05, 0) is 37.1 Å². The standard InChI is InChI=1S/C18H19N3O2S2/c1-12-5-4-6-13(2)17(12)20-18-19-16(11-24-18)14-7-9-15(10-8-14)21-25(3,22)23/h4-11,21H,1-3H3,(H,19,20). The number of nitrogens with zero attached hydrogens (tertiary/aromatic N) is 1. The van der Waals surface area contributed by atoms with Crippen molar-refractivity contribution < 1.29 is 8.42 Å². The maximum Gasteiger partial charge on any atom is 0.229 e. The number of hydrogen-bond acceptors (Lipinski definition) is 5. The molecule has 0 bridgehead atoms. The SMILES string of the molecule is Cc1cccc(C)c1Nc1nc(-c2ccc(NS(C)(=O)=O)cc2)cs1. The maximum absolute atomic E-state index is 11.3. The van der Waals surface area contributed by atoms with Gasteiger partial charge in [0, 0.05) is 22.3 Å². The minimum atomic E-state index is -3.27. The summed E-state index contributed by atoms with van der Waals surface area (Å²) in [6.45, 7) is 4.13. The molecule has 0 radical (unpaired) electrons. The lowest BCUT2D eigenvalue weighted by Gasteiger charge is -2.09. The van der Waals surface area contributed by atoms with Crippen molar-refractivity contribution in [1.82, 2.24) is 4.98 Å². The van der Waals surface area contributed by atoms with Crippen LogP contribution in [0.15, 0.2) is 47.8 Å². The molecule has 25 heavy (non-hydrogen) atoms. The maximum atomic E-state index is 11.3. The van der Waals surface area contributed by atoms with Gasteiger partial charge in [-0.1, -0.05) is 30.3 Å². The quantitative estimate of drug-likeness (QED) is 0.689. The molecule has 130 valence electrons. The molecule has 3 aromatic rings. The topological polar surface area (TPSA) is 71.1 Å². The summed E-state index contributed by atoms with van der Waals surface area (Å²) in [6, 6.07) is 13.3. The van der Waals surface area contributed by atoms with Crippen LogP contribution in [0.25, 0.3) is 11.3 Å². The Balaban J connectivity index is 1.79. The van der Waals surface area contributed by atoms with Crippen molar-refractivity contribution >= 4 is 37.9 Å². The number of para-hydroxylation sites is 1. The average Bonchev–Trinajstić information content (AvgIpc) is 2.99. The molecular formula is C18H19N3O2S2. The number of sulfonamides is 1. The first kappa shape index (κ1) is 17.4. The Morgan fingerprint density at radius 3 is 2.24 bits per heavy atom. The summed E-state index contributed by atoms with van der Waals surface area (Å²) in [4.78, 5) is 4.63. The molecule has 0 saturated heterocycles. The molecule has 1 aromatic heterocycles. The molecule has 2 N–H and O–H groups in total. The minimum Gasteiger partial charge on any atom is -0.331 e. The van der Waals surface area contributed by atoms with Gasteiger partial charge in [-0.15, -0.1) is 11.3 Å². The molecule has 0 spiro atoms. The van der Waals surface area contributed by atoms with E-state index in [1.54, 1.807) is 12.1 Å². The van der Waals surface area contributed by atoms with Gasteiger partial charge in [-0.2, -0.15) is 0 Å². The number of benzene rings is 2. The largest absolute Gasteiger partial charge is 0.331 e. The molecule has 3 rings (SSSR count). The number of aromatic nitrogens is 1. The van der Waals surface area contributed by atoms with Crippen molar-refractivity contribution in [2.75, 3.05) is 16.3 Å². The van der Waals surface area contributed by atoms with Gasteiger partial charge in [-0.25, -0.2) is 13.4 Å². The van der Waals surface area contributed by atoms with Crippen molar-refractivity contribution in [2.45, 2.75) is 13.8 Å². The molecular weight excluding hydrogens is 354 g/mol. The first-order chi connectivity index (χ1) is 11.8. The third-order valence-electron chi connectivity index (χ3n) is 3.70. The normalized spacial score (nSPS) is 11.3. The van der Waals surface area contributed by atoms with Gasteiger partial charge < -0.3 is 5.32 Å². The van der Waals surface area contributed by atoms with E-state index < -0.39 is 10.0 Å². The summed E-state index contributed by atoms with van der Waals surface area (Å²) in [5, 5.41) is 6.19. The van der Waals surface area contributed by atoms with E-state index in [2.05, 4.69) is 41.0 Å². The van der Waals surface area contributed by atoms with E-state index in [0.29, 0.717) is 5.69 Å². The van der Waals surface area contributed by atoms with Crippen molar-refractivity contribution in [3.05, 3.63) is 59.0 Å². The van der Waals surface area contributed by atoms with E-state index in [1.807, 2.05) is 23.6 Å². The van der Waals surface area contributed by atoms with Crippen LogP contribution in [0.4, 0.5) is 16.5 Å². The van der Waals surface area contributed by atoms with Gasteiger partial charge in [-0.3, -0.25) is 4.72 Å². The van der Waals surface area contributed by atoms with E-state index in [4.69, 9.17) is 0 Å². The predicted octanol–water partition coefficient (Wildman–Crippen LogP) is 4.54. The molecule has 0 aliphatic rings. The Morgan fingerprint density at radius 2 is 1.64 bits per heavy atom. The van der Waals surface area contributed by atoms with Gasteiger partial charge >= 0.3 is 0 Å². The molecule has 0 saturated carbocycles. The first-order valence-corrected chi connectivity index (χ1v) is 10.5. The molecule has 5 nitrogen and oxygen atoms in total. The second-order valence-corrected chi connectivity index (χ2v) is 8.49. The van der Waals surface area contributed by atoms with Gasteiger partial charge in [0.1, 0.15) is 0 Å². The molecule has 1 heterocycles. The Hall–Kier alpha value is -2.38. The lowest BCUT2D eigenvalue weighted by Crippen LogP contribution is -2.09. The lowest BCUT2D eigenvalue weighted by atomic mass is 10.1. The number of rotatable bonds is 5. The molecule has 0 aliphatic heterocycles. The zero-order valence-electron chi connectivity index (χ0n) is 14.2. The molecule has 0 amide bonds. The Morgan fingerprint density at radius 1 is 1.00 bits per heavy atom. The van der Waals surface area contributed by atoms with Crippen LogP contribution in [0.3, 0.4) is 0 Å². The van der Waals surface area contributed by atoms with Crippen molar-refractivity contribution in [3.63, 3.8) is 0 Å². The van der Waals surface area contributed by atoms with Crippen LogP contribution in [0.2, 0.25) is 0 Å². The van der Waals surface area contributed by atoms with Gasteiger partial charge in [0.05, 0.1) is 11.9 Å². The molecule has 2 aromatic carbocycles. The fourth-order valence-corrected chi connectivity index (χ4v) is 3.79. The third-order valence-corrected chi connectivity index (χ3v) is 5.07. The van der Waals surface area contributed by atoms with Gasteiger partial charge in [0.2, 0.25) is 10.0 Å². The lowest BCUT2D eigenvalue weighted by molar-refractivity contribution is 0.607. The van der Waals surface area contributed by atoms with Crippen molar-refractivity contribution in [1.29, 1.82) is 0 Å². The van der Waals surface area contributed by atoms with Crippen molar-refractivity contribution in [3.8, 4) is 11.3 Å². The second kappa shape index (κ2) is 6.85. The zero-order chi connectivity index (χ0) is 18.0. The van der Waals surface area contributed by atoms with E-state index in [1.165, 1.54) is 22.5 Å². The van der Waals surface area contributed by atoms with E-state index in [-0.39, 0.29) is 0 Å². The smallest absolute Gasteiger partial charge is 0.229 e. The summed E-state index contributed by atoms with van der Waals surface area (Å²) in [7, 11) is -3.27. The highest BCUT2D eigenvalue weighted by Crippen LogP contribution is 2.30. The summed E-state index contributed by atoms with van der Waals surface area (Å²) >= 11 is 1.54. The van der Waals surface area contributed by atoms with Crippen LogP contribution >= 0.6 is 11.3 Å². The van der Waals surface area contributed by atoms with Crippen LogP contribution in [0, 0.1) is 13.8 Å². The van der Waals surface area contributed by atoms with Gasteiger partial charge in [0.25, 0.3) is 0 Å². The van der Waals surface area contributed by atoms with Crippen molar-refractivity contribution in [2.24, 2.45) is 0 Å². The Bertz CT molecular complexity index is 973. The van der Waals surface area contributed by atoms with E-state index in [0.717, 1.165) is 28.3 Å². The van der Waals surface area contributed by atoms with Crippen LogP contribution in [0.1, 0.15) is 11.1 Å². The van der Waals surface area contributed by atoms with E-state index >= 15 is 0 Å². The highest BCUT2D eigenvalue weighted by Gasteiger charge is 2.08. The number of hydrogen-bond donors (Lipinski definition) is 2. The molecule has 0 fully saturated rings. The van der Waals surface area contributed by atoms with Crippen LogP contribution in [-0.4, -0.2) is 19.7 Å². The number of aryl methyl sites for hydroxylation is 2. The van der Waals surface area contributed by atoms with Crippen LogP contribution in [0.5, 0.6) is 0 Å². The van der Waals surface area contributed by atoms with Crippen LogP contribution in [-0.2, 0) is 10.0 Å². The summed E-state index contributed by atoms with van der Waals surface area (Å²) < 4.78 is 25.0. The average molecular weight is 374 g/mol. The minimum absolute atomic E-state index is 0.537. The van der Waals surface area contributed by atoms with E-state index in [9.17, 15) is 8.42 Å². The first-order valence-electron chi connectivity index (χ1n) is 7.69. The number of nitrogens with one attached hydrogen (secondary N) is 2. The second-order valence-electron chi connectivity index (χ2n) is 5.88. The Kier molecular flexibility index (Phi) is 4.78. The summed E-state index contributed by atoms with van der Waals surface area (Å²) in [5.74, 6) is 0. The Labute approximate surface area is 151 Å². The number of thiazole rings is 1. The molecule has 7 heteroatoms. The van der Waals surface area contributed by atoms with Crippen LogP contribution < -0.4 is 10.0 Å². The summed E-state index contributed by atoms with van der Waals surface area (Å²) in [6.07, 6.45) is 1.13. The predicted molar refractivity (Wildman–Crippen MR) is 105 cm³/mol.